The number of methoxy groups -OCH3 is 1. The number of aromatic nitrogens is 4. The maximum absolute atomic E-state index is 12.6. The Kier molecular flexibility index (Phi) is 4.85. The third-order valence-corrected chi connectivity index (χ3v) is 5.31. The van der Waals surface area contributed by atoms with Gasteiger partial charge in [0.25, 0.3) is 0 Å². The molecule has 0 saturated heterocycles. The summed E-state index contributed by atoms with van der Waals surface area (Å²) >= 11 is 0. The predicted molar refractivity (Wildman–Crippen MR) is 103 cm³/mol. The fourth-order valence-corrected chi connectivity index (χ4v) is 3.64. The Morgan fingerprint density at radius 1 is 1.11 bits per heavy atom. The van der Waals surface area contributed by atoms with Crippen LogP contribution in [0.15, 0.2) is 37.1 Å². The van der Waals surface area contributed by atoms with E-state index in [9.17, 15) is 4.79 Å². The number of pyridine rings is 2. The van der Waals surface area contributed by atoms with Gasteiger partial charge in [-0.1, -0.05) is 0 Å². The van der Waals surface area contributed by atoms with E-state index in [4.69, 9.17) is 4.74 Å². The Balaban J connectivity index is 1.52. The van der Waals surface area contributed by atoms with Gasteiger partial charge in [0.1, 0.15) is 5.82 Å². The summed E-state index contributed by atoms with van der Waals surface area (Å²) in [5.74, 6) is 0.636. The van der Waals surface area contributed by atoms with Gasteiger partial charge in [-0.2, -0.15) is 0 Å². The van der Waals surface area contributed by atoms with Gasteiger partial charge in [-0.3, -0.25) is 9.78 Å². The molecule has 7 nitrogen and oxygen atoms in total. The van der Waals surface area contributed by atoms with E-state index in [-0.39, 0.29) is 17.9 Å². The largest absolute Gasteiger partial charge is 0.381 e. The van der Waals surface area contributed by atoms with Crippen molar-refractivity contribution in [3.63, 3.8) is 0 Å². The number of nitrogens with one attached hydrogen (secondary N) is 1. The quantitative estimate of drug-likeness (QED) is 0.768. The van der Waals surface area contributed by atoms with Crippen LogP contribution in [0.4, 0.5) is 5.82 Å². The van der Waals surface area contributed by atoms with Crippen molar-refractivity contribution in [2.45, 2.75) is 31.8 Å². The number of carbonyl (C=O) groups is 1. The molecule has 7 heteroatoms. The van der Waals surface area contributed by atoms with Crippen LogP contribution in [0, 0.1) is 5.92 Å². The molecule has 1 amide bonds. The van der Waals surface area contributed by atoms with Crippen LogP contribution in [0.25, 0.3) is 22.2 Å². The molecule has 0 spiro atoms. The molecule has 0 aromatic carbocycles. The second-order valence-electron chi connectivity index (χ2n) is 7.07. The second-order valence-corrected chi connectivity index (χ2v) is 7.07. The number of hydrogen-bond acceptors (Lipinski definition) is 5. The lowest BCUT2D eigenvalue weighted by molar-refractivity contribution is -0.121. The number of hydrogen-bond donors (Lipinski definition) is 1. The lowest BCUT2D eigenvalue weighted by Gasteiger charge is -2.26. The average molecular weight is 365 g/mol. The molecule has 0 atom stereocenters. The van der Waals surface area contributed by atoms with Gasteiger partial charge in [0.2, 0.25) is 5.91 Å². The SMILES string of the molecule is COC1CCC(C(=O)Nc2cc3cc(-c4cncn4C)ncc3cn2)CC1. The van der Waals surface area contributed by atoms with Crippen molar-refractivity contribution in [1.29, 1.82) is 0 Å². The summed E-state index contributed by atoms with van der Waals surface area (Å²) in [6.07, 6.45) is 10.9. The molecular weight excluding hydrogens is 342 g/mol. The lowest BCUT2D eigenvalue weighted by Crippen LogP contribution is -2.29. The third-order valence-electron chi connectivity index (χ3n) is 5.31. The van der Waals surface area contributed by atoms with Crippen molar-refractivity contribution in [2.75, 3.05) is 12.4 Å². The minimum atomic E-state index is 0.0244. The van der Waals surface area contributed by atoms with E-state index < -0.39 is 0 Å². The summed E-state index contributed by atoms with van der Waals surface area (Å²) in [6, 6.07) is 3.89. The number of amides is 1. The zero-order chi connectivity index (χ0) is 18.8. The first-order chi connectivity index (χ1) is 13.1. The molecule has 3 heterocycles. The van der Waals surface area contributed by atoms with E-state index in [1.807, 2.05) is 23.7 Å². The van der Waals surface area contributed by atoms with Gasteiger partial charge in [0, 0.05) is 37.9 Å². The Bertz CT molecular complexity index is 960. The van der Waals surface area contributed by atoms with E-state index in [1.54, 1.807) is 32.0 Å². The van der Waals surface area contributed by atoms with E-state index in [0.29, 0.717) is 5.82 Å². The molecule has 0 bridgehead atoms. The molecule has 140 valence electrons. The van der Waals surface area contributed by atoms with E-state index >= 15 is 0 Å². The highest BCUT2D eigenvalue weighted by molar-refractivity contribution is 5.94. The minimum Gasteiger partial charge on any atom is -0.381 e. The number of fused-ring (bicyclic) bond motifs is 1. The topological polar surface area (TPSA) is 81.9 Å². The van der Waals surface area contributed by atoms with Gasteiger partial charge in [-0.05, 0) is 43.2 Å². The smallest absolute Gasteiger partial charge is 0.228 e. The van der Waals surface area contributed by atoms with Crippen LogP contribution >= 0.6 is 0 Å². The van der Waals surface area contributed by atoms with E-state index in [1.165, 1.54) is 0 Å². The molecule has 3 aromatic rings. The molecule has 1 N–H and O–H groups in total. The number of rotatable bonds is 4. The molecule has 0 unspecified atom stereocenters. The summed E-state index contributed by atoms with van der Waals surface area (Å²) in [5.41, 5.74) is 1.78. The van der Waals surface area contributed by atoms with Crippen LogP contribution < -0.4 is 5.32 Å². The Morgan fingerprint density at radius 3 is 2.59 bits per heavy atom. The summed E-state index contributed by atoms with van der Waals surface area (Å²) in [6.45, 7) is 0. The molecule has 27 heavy (non-hydrogen) atoms. The summed E-state index contributed by atoms with van der Waals surface area (Å²) in [4.78, 5) is 25.6. The van der Waals surface area contributed by atoms with Gasteiger partial charge in [0.15, 0.2) is 0 Å². The van der Waals surface area contributed by atoms with Crippen LogP contribution in [0.2, 0.25) is 0 Å². The first-order valence-electron chi connectivity index (χ1n) is 9.20. The molecule has 3 aromatic heterocycles. The van der Waals surface area contributed by atoms with Crippen molar-refractivity contribution in [2.24, 2.45) is 13.0 Å². The average Bonchev–Trinajstić information content (AvgIpc) is 3.13. The molecule has 0 radical (unpaired) electrons. The Labute approximate surface area is 157 Å². The first-order valence-corrected chi connectivity index (χ1v) is 9.20. The predicted octanol–water partition coefficient (Wildman–Crippen LogP) is 3.17. The van der Waals surface area contributed by atoms with Gasteiger partial charge >= 0.3 is 0 Å². The zero-order valence-electron chi connectivity index (χ0n) is 15.6. The maximum Gasteiger partial charge on any atom is 0.228 e. The monoisotopic (exact) mass is 365 g/mol. The van der Waals surface area contributed by atoms with E-state index in [0.717, 1.165) is 47.8 Å². The van der Waals surface area contributed by atoms with Crippen molar-refractivity contribution >= 4 is 22.5 Å². The first kappa shape index (κ1) is 17.6. The molecule has 1 fully saturated rings. The van der Waals surface area contributed by atoms with Gasteiger partial charge < -0.3 is 14.6 Å². The van der Waals surface area contributed by atoms with Crippen molar-refractivity contribution in [3.05, 3.63) is 37.1 Å². The summed E-state index contributed by atoms with van der Waals surface area (Å²) in [5, 5.41) is 4.88. The lowest BCUT2D eigenvalue weighted by atomic mass is 9.87. The number of ether oxygens (including phenoxy) is 1. The molecular formula is C20H23N5O2. The van der Waals surface area contributed by atoms with Crippen molar-refractivity contribution in [1.82, 2.24) is 19.5 Å². The molecule has 1 aliphatic carbocycles. The fraction of sp³-hybridized carbons (Fsp3) is 0.400. The van der Waals surface area contributed by atoms with Gasteiger partial charge in [-0.25, -0.2) is 9.97 Å². The number of imidazole rings is 1. The highest BCUT2D eigenvalue weighted by Crippen LogP contribution is 2.27. The second kappa shape index (κ2) is 7.44. The van der Waals surface area contributed by atoms with Crippen LogP contribution in [0.1, 0.15) is 25.7 Å². The summed E-state index contributed by atoms with van der Waals surface area (Å²) in [7, 11) is 3.67. The van der Waals surface area contributed by atoms with Gasteiger partial charge in [0.05, 0.1) is 30.0 Å². The standard InChI is InChI=1S/C20H23N5O2/c1-25-12-21-11-18(25)17-7-14-8-19(23-10-15(14)9-22-17)24-20(26)13-3-5-16(27-2)6-4-13/h7-13,16H,3-6H2,1-2H3,(H,23,24,26). The van der Waals surface area contributed by atoms with Gasteiger partial charge in [-0.15, -0.1) is 0 Å². The minimum absolute atomic E-state index is 0.0244. The fourth-order valence-electron chi connectivity index (χ4n) is 3.64. The van der Waals surface area contributed by atoms with E-state index in [2.05, 4.69) is 20.3 Å². The number of carbonyl (C=O) groups excluding carboxylic acids is 1. The Hall–Kier alpha value is -2.80. The maximum atomic E-state index is 12.6. The van der Waals surface area contributed by atoms with Crippen molar-refractivity contribution < 1.29 is 9.53 Å². The molecule has 4 rings (SSSR count). The van der Waals surface area contributed by atoms with Crippen LogP contribution in [-0.4, -0.2) is 38.6 Å². The molecule has 1 saturated carbocycles. The molecule has 0 aliphatic heterocycles. The number of anilines is 1. The molecule has 1 aliphatic rings. The zero-order valence-corrected chi connectivity index (χ0v) is 15.6. The van der Waals surface area contributed by atoms with Crippen LogP contribution in [0.3, 0.4) is 0 Å². The van der Waals surface area contributed by atoms with Crippen LogP contribution in [-0.2, 0) is 16.6 Å². The number of aryl methyl sites for hydroxylation is 1. The summed E-state index contributed by atoms with van der Waals surface area (Å²) < 4.78 is 7.30. The van der Waals surface area contributed by atoms with Crippen LogP contribution in [0.5, 0.6) is 0 Å². The highest BCUT2D eigenvalue weighted by atomic mass is 16.5. The highest BCUT2D eigenvalue weighted by Gasteiger charge is 2.26. The van der Waals surface area contributed by atoms with Crippen molar-refractivity contribution in [3.8, 4) is 11.4 Å². The third kappa shape index (κ3) is 3.68. The number of nitrogens with zero attached hydrogens (tertiary/aromatic N) is 4. The Morgan fingerprint density at radius 2 is 1.89 bits per heavy atom. The normalized spacial score (nSPS) is 19.9.